The van der Waals surface area contributed by atoms with Gasteiger partial charge in [0.25, 0.3) is 5.91 Å². The Morgan fingerprint density at radius 2 is 1.79 bits per heavy atom. The van der Waals surface area contributed by atoms with E-state index in [0.717, 1.165) is 28.9 Å². The lowest BCUT2D eigenvalue weighted by Crippen LogP contribution is -2.14. The first-order chi connectivity index (χ1) is 14.0. The molecule has 1 amide bonds. The SMILES string of the molecule is CCn1ccc(NC(=O)c2cc(-c3ccc(C)cc3)nc3c2c(C)nn3CC)n1. The smallest absolute Gasteiger partial charge is 0.257 e. The molecule has 0 atom stereocenters. The highest BCUT2D eigenvalue weighted by atomic mass is 16.1. The van der Waals surface area contributed by atoms with Gasteiger partial charge in [-0.15, -0.1) is 0 Å². The van der Waals surface area contributed by atoms with E-state index in [-0.39, 0.29) is 5.91 Å². The number of rotatable bonds is 5. The van der Waals surface area contributed by atoms with Crippen molar-refractivity contribution in [3.8, 4) is 11.3 Å². The van der Waals surface area contributed by atoms with E-state index in [0.29, 0.717) is 23.6 Å². The Kier molecular flexibility index (Phi) is 4.88. The van der Waals surface area contributed by atoms with Crippen LogP contribution < -0.4 is 5.32 Å². The van der Waals surface area contributed by atoms with Crippen LogP contribution in [0.1, 0.15) is 35.5 Å². The van der Waals surface area contributed by atoms with Crippen LogP contribution in [-0.4, -0.2) is 30.5 Å². The summed E-state index contributed by atoms with van der Waals surface area (Å²) in [5.74, 6) is 0.310. The summed E-state index contributed by atoms with van der Waals surface area (Å²) >= 11 is 0. The van der Waals surface area contributed by atoms with Gasteiger partial charge in [-0.1, -0.05) is 29.8 Å². The van der Waals surface area contributed by atoms with Gasteiger partial charge in [-0.05, 0) is 33.8 Å². The summed E-state index contributed by atoms with van der Waals surface area (Å²) in [7, 11) is 0. The van der Waals surface area contributed by atoms with Crippen molar-refractivity contribution in [2.75, 3.05) is 5.32 Å². The highest BCUT2D eigenvalue weighted by molar-refractivity contribution is 6.13. The summed E-state index contributed by atoms with van der Waals surface area (Å²) in [6, 6.07) is 11.8. The number of carbonyl (C=O) groups excluding carboxylic acids is 1. The Labute approximate surface area is 169 Å². The quantitative estimate of drug-likeness (QED) is 0.556. The largest absolute Gasteiger partial charge is 0.305 e. The second-order valence-electron chi connectivity index (χ2n) is 7.03. The van der Waals surface area contributed by atoms with Gasteiger partial charge in [0.1, 0.15) is 0 Å². The molecule has 148 valence electrons. The van der Waals surface area contributed by atoms with Gasteiger partial charge in [0, 0.05) is 30.9 Å². The number of carbonyl (C=O) groups is 1. The van der Waals surface area contributed by atoms with Gasteiger partial charge < -0.3 is 5.32 Å². The third-order valence-corrected chi connectivity index (χ3v) is 4.98. The summed E-state index contributed by atoms with van der Waals surface area (Å²) in [5.41, 5.74) is 4.93. The van der Waals surface area contributed by atoms with Crippen molar-refractivity contribution in [1.29, 1.82) is 0 Å². The van der Waals surface area contributed by atoms with Gasteiger partial charge in [-0.2, -0.15) is 10.2 Å². The van der Waals surface area contributed by atoms with Crippen molar-refractivity contribution < 1.29 is 4.79 Å². The molecular formula is C22H24N6O. The molecule has 1 N–H and O–H groups in total. The molecule has 4 rings (SSSR count). The molecule has 0 saturated carbocycles. The molecule has 29 heavy (non-hydrogen) atoms. The lowest BCUT2D eigenvalue weighted by atomic mass is 10.0. The number of amides is 1. The van der Waals surface area contributed by atoms with Crippen LogP contribution in [0.5, 0.6) is 0 Å². The summed E-state index contributed by atoms with van der Waals surface area (Å²) in [6.07, 6.45) is 1.84. The normalized spacial score (nSPS) is 11.2. The molecular weight excluding hydrogens is 364 g/mol. The number of pyridine rings is 1. The Morgan fingerprint density at radius 3 is 2.45 bits per heavy atom. The van der Waals surface area contributed by atoms with Crippen molar-refractivity contribution in [3.05, 3.63) is 59.4 Å². The highest BCUT2D eigenvalue weighted by Crippen LogP contribution is 2.28. The molecule has 7 nitrogen and oxygen atoms in total. The number of hydrogen-bond donors (Lipinski definition) is 1. The zero-order chi connectivity index (χ0) is 20.5. The topological polar surface area (TPSA) is 77.6 Å². The molecule has 3 heterocycles. The van der Waals surface area contributed by atoms with Crippen LogP contribution in [0.4, 0.5) is 5.82 Å². The van der Waals surface area contributed by atoms with Gasteiger partial charge in [0.2, 0.25) is 0 Å². The lowest BCUT2D eigenvalue weighted by molar-refractivity contribution is 0.102. The third-order valence-electron chi connectivity index (χ3n) is 4.98. The van der Waals surface area contributed by atoms with Crippen molar-refractivity contribution in [1.82, 2.24) is 24.5 Å². The van der Waals surface area contributed by atoms with Gasteiger partial charge in [-0.3, -0.25) is 9.48 Å². The van der Waals surface area contributed by atoms with Crippen LogP contribution >= 0.6 is 0 Å². The van der Waals surface area contributed by atoms with E-state index in [9.17, 15) is 4.79 Å². The highest BCUT2D eigenvalue weighted by Gasteiger charge is 2.20. The van der Waals surface area contributed by atoms with Crippen LogP contribution in [-0.2, 0) is 13.1 Å². The fraction of sp³-hybridized carbons (Fsp3) is 0.273. The van der Waals surface area contributed by atoms with E-state index in [1.54, 1.807) is 10.7 Å². The Bertz CT molecular complexity index is 1190. The van der Waals surface area contributed by atoms with Crippen molar-refractivity contribution >= 4 is 22.8 Å². The summed E-state index contributed by atoms with van der Waals surface area (Å²) < 4.78 is 3.61. The Morgan fingerprint density at radius 1 is 1.03 bits per heavy atom. The number of fused-ring (bicyclic) bond motifs is 1. The lowest BCUT2D eigenvalue weighted by Gasteiger charge is -2.09. The molecule has 0 aliphatic carbocycles. The van der Waals surface area contributed by atoms with Gasteiger partial charge in [0.15, 0.2) is 11.5 Å². The minimum Gasteiger partial charge on any atom is -0.305 e. The summed E-state index contributed by atoms with van der Waals surface area (Å²) in [5, 5.41) is 12.6. The number of aromatic nitrogens is 5. The molecule has 0 aliphatic rings. The minimum atomic E-state index is -0.217. The predicted octanol–water partition coefficient (Wildman–Crippen LogP) is 4.20. The van der Waals surface area contributed by atoms with E-state index < -0.39 is 0 Å². The van der Waals surface area contributed by atoms with E-state index in [2.05, 4.69) is 15.5 Å². The van der Waals surface area contributed by atoms with Gasteiger partial charge >= 0.3 is 0 Å². The fourth-order valence-electron chi connectivity index (χ4n) is 3.41. The van der Waals surface area contributed by atoms with Crippen LogP contribution in [0.25, 0.3) is 22.3 Å². The number of anilines is 1. The average molecular weight is 388 g/mol. The van der Waals surface area contributed by atoms with Crippen LogP contribution in [0.15, 0.2) is 42.6 Å². The second-order valence-corrected chi connectivity index (χ2v) is 7.03. The molecule has 3 aromatic heterocycles. The molecule has 0 saturated heterocycles. The van der Waals surface area contributed by atoms with Crippen LogP contribution in [0, 0.1) is 13.8 Å². The minimum absolute atomic E-state index is 0.217. The number of aryl methyl sites for hydroxylation is 4. The zero-order valence-corrected chi connectivity index (χ0v) is 17.1. The second kappa shape index (κ2) is 7.50. The van der Waals surface area contributed by atoms with Crippen LogP contribution in [0.2, 0.25) is 0 Å². The van der Waals surface area contributed by atoms with E-state index in [1.807, 2.05) is 68.9 Å². The molecule has 1 aromatic carbocycles. The maximum absolute atomic E-state index is 13.2. The standard InChI is InChI=1S/C22H24N6O/c1-5-27-12-11-19(26-27)24-22(29)17-13-18(16-9-7-14(3)8-10-16)23-21-20(17)15(4)25-28(21)6-2/h7-13H,5-6H2,1-4H3,(H,24,26,29). The zero-order valence-electron chi connectivity index (χ0n) is 17.1. The van der Waals surface area contributed by atoms with E-state index in [1.165, 1.54) is 5.56 Å². The maximum Gasteiger partial charge on any atom is 0.257 e. The molecule has 0 aliphatic heterocycles. The monoisotopic (exact) mass is 388 g/mol. The number of benzene rings is 1. The molecule has 0 bridgehead atoms. The molecule has 0 radical (unpaired) electrons. The maximum atomic E-state index is 13.2. The first kappa shape index (κ1) is 18.9. The first-order valence-electron chi connectivity index (χ1n) is 9.80. The fourth-order valence-corrected chi connectivity index (χ4v) is 3.41. The molecule has 4 aromatic rings. The van der Waals surface area contributed by atoms with E-state index >= 15 is 0 Å². The van der Waals surface area contributed by atoms with Crippen molar-refractivity contribution in [3.63, 3.8) is 0 Å². The van der Waals surface area contributed by atoms with E-state index in [4.69, 9.17) is 4.98 Å². The third kappa shape index (κ3) is 3.51. The first-order valence-corrected chi connectivity index (χ1v) is 9.80. The summed E-state index contributed by atoms with van der Waals surface area (Å²) in [6.45, 7) is 9.39. The summed E-state index contributed by atoms with van der Waals surface area (Å²) in [4.78, 5) is 18.0. The molecule has 7 heteroatoms. The van der Waals surface area contributed by atoms with Crippen molar-refractivity contribution in [2.24, 2.45) is 0 Å². The average Bonchev–Trinajstić information content (AvgIpc) is 3.31. The van der Waals surface area contributed by atoms with Crippen molar-refractivity contribution in [2.45, 2.75) is 40.8 Å². The van der Waals surface area contributed by atoms with Crippen LogP contribution in [0.3, 0.4) is 0 Å². The Hall–Kier alpha value is -3.48. The van der Waals surface area contributed by atoms with Gasteiger partial charge in [0.05, 0.1) is 22.3 Å². The molecule has 0 fully saturated rings. The molecule has 0 unspecified atom stereocenters. The molecule has 0 spiro atoms. The number of nitrogens with zero attached hydrogens (tertiary/aromatic N) is 5. The predicted molar refractivity (Wildman–Crippen MR) is 114 cm³/mol. The number of nitrogens with one attached hydrogen (secondary N) is 1. The number of hydrogen-bond acceptors (Lipinski definition) is 4. The van der Waals surface area contributed by atoms with Gasteiger partial charge in [-0.25, -0.2) is 9.67 Å². The Balaban J connectivity index is 1.85.